The summed E-state index contributed by atoms with van der Waals surface area (Å²) in [5, 5.41) is 2.36. The van der Waals surface area contributed by atoms with Gasteiger partial charge < -0.3 is 0 Å². The summed E-state index contributed by atoms with van der Waals surface area (Å²) in [4.78, 5) is 0. The van der Waals surface area contributed by atoms with Gasteiger partial charge in [0.2, 0.25) is 0 Å². The van der Waals surface area contributed by atoms with Crippen LogP contribution in [0.4, 0.5) is 0 Å². The van der Waals surface area contributed by atoms with Crippen LogP contribution in [0.2, 0.25) is 0 Å². The fourth-order valence-electron chi connectivity index (χ4n) is 0.390. The molecular weight excluding hydrogens is 133 g/mol. The summed E-state index contributed by atoms with van der Waals surface area (Å²) in [5.41, 5.74) is 0. The molecule has 2 nitrogen and oxygen atoms in total. The molecule has 0 aromatic rings. The first-order valence-corrected chi connectivity index (χ1v) is 3.78. The molecule has 0 radical (unpaired) electrons. The van der Waals surface area contributed by atoms with Crippen molar-refractivity contribution >= 4 is 8.61 Å². The summed E-state index contributed by atoms with van der Waals surface area (Å²) >= 11 is 0. The average molecular weight is 143 g/mol. The fourth-order valence-corrected chi connectivity index (χ4v) is 0.515. The second kappa shape index (κ2) is 7.46. The zero-order chi connectivity index (χ0) is 6.95. The van der Waals surface area contributed by atoms with E-state index in [-0.39, 0.29) is 8.61 Å². The van der Waals surface area contributed by atoms with E-state index >= 15 is 0 Å². The zero-order valence-corrected chi connectivity index (χ0v) is 6.37. The topological polar surface area (TPSA) is 29.1 Å². The van der Waals surface area contributed by atoms with Crippen molar-refractivity contribution in [3.05, 3.63) is 0 Å². The van der Waals surface area contributed by atoms with Crippen LogP contribution in [-0.4, -0.2) is 0 Å². The second-order valence-electron chi connectivity index (χ2n) is 1.61. The number of hydrogen-bond donors (Lipinski definition) is 1. The molecule has 3 heteroatoms. The van der Waals surface area contributed by atoms with Crippen LogP contribution >= 0.6 is 8.61 Å². The molecule has 0 saturated carbocycles. The van der Waals surface area contributed by atoms with Crippen molar-refractivity contribution in [3.63, 3.8) is 0 Å². The lowest BCUT2D eigenvalue weighted by Crippen LogP contribution is -1.81. The minimum absolute atomic E-state index is 0.109. The Hall–Kier alpha value is -0.540. The van der Waals surface area contributed by atoms with Gasteiger partial charge in [0.1, 0.15) is 0 Å². The fraction of sp³-hybridized carbons (Fsp3) is 0.667. The molecule has 1 N–H and O–H groups in total. The molecule has 0 spiro atoms. The van der Waals surface area contributed by atoms with E-state index in [1.807, 2.05) is 0 Å². The quantitative estimate of drug-likeness (QED) is 0.283. The van der Waals surface area contributed by atoms with Crippen LogP contribution < -0.4 is 5.09 Å². The molecule has 0 fully saturated rings. The van der Waals surface area contributed by atoms with E-state index in [9.17, 15) is 4.57 Å². The maximum absolute atomic E-state index is 9.72. The molecule has 0 amide bonds. The molecular formula is C6H10NOP. The van der Waals surface area contributed by atoms with E-state index in [4.69, 9.17) is 0 Å². The number of unbranched alkanes of at least 4 members (excludes halogenated alkanes) is 2. The molecule has 0 aliphatic carbocycles. The summed E-state index contributed by atoms with van der Waals surface area (Å²) in [6, 6.07) is 2.55. The Balaban J connectivity index is 3.05. The third kappa shape index (κ3) is 7.46. The van der Waals surface area contributed by atoms with Gasteiger partial charge in [0, 0.05) is 12.5 Å². The first-order chi connectivity index (χ1) is 4.41. The van der Waals surface area contributed by atoms with Gasteiger partial charge in [-0.15, -0.1) is 0 Å². The first kappa shape index (κ1) is 8.46. The Morgan fingerprint density at radius 1 is 1.67 bits per heavy atom. The summed E-state index contributed by atoms with van der Waals surface area (Å²) in [6.45, 7) is 2.11. The van der Waals surface area contributed by atoms with Crippen LogP contribution in [0.1, 0.15) is 26.2 Å². The van der Waals surface area contributed by atoms with Crippen molar-refractivity contribution in [2.75, 3.05) is 0 Å². The van der Waals surface area contributed by atoms with Gasteiger partial charge >= 0.3 is 0 Å². The number of nitrogens with one attached hydrogen (secondary N) is 1. The summed E-state index contributed by atoms with van der Waals surface area (Å²) in [7, 11) is -0.109. The van der Waals surface area contributed by atoms with Gasteiger partial charge in [0.25, 0.3) is 8.61 Å². The molecule has 0 bridgehead atoms. The maximum atomic E-state index is 9.72. The Kier molecular flexibility index (Phi) is 7.01. The van der Waals surface area contributed by atoms with E-state index < -0.39 is 0 Å². The average Bonchev–Trinajstić information content (AvgIpc) is 1.89. The van der Waals surface area contributed by atoms with Gasteiger partial charge in [-0.1, -0.05) is 19.3 Å². The molecule has 0 atom stereocenters. The smallest absolute Gasteiger partial charge is 0.264 e. The van der Waals surface area contributed by atoms with Gasteiger partial charge in [-0.3, -0.25) is 5.09 Å². The van der Waals surface area contributed by atoms with Gasteiger partial charge in [0.15, 0.2) is 0 Å². The molecule has 0 aliphatic rings. The SMILES string of the molecule is CCCCC#CNP=O. The maximum Gasteiger partial charge on any atom is 0.286 e. The van der Waals surface area contributed by atoms with Crippen molar-refractivity contribution in [2.24, 2.45) is 0 Å². The normalized spacial score (nSPS) is 8.11. The van der Waals surface area contributed by atoms with Gasteiger partial charge in [0.05, 0.1) is 0 Å². The molecule has 0 aliphatic heterocycles. The van der Waals surface area contributed by atoms with Crippen LogP contribution in [-0.2, 0) is 4.57 Å². The highest BCUT2D eigenvalue weighted by molar-refractivity contribution is 7.21. The highest BCUT2D eigenvalue weighted by Crippen LogP contribution is 1.89. The molecule has 0 aromatic carbocycles. The van der Waals surface area contributed by atoms with Crippen molar-refractivity contribution < 1.29 is 4.57 Å². The predicted molar refractivity (Wildman–Crippen MR) is 38.0 cm³/mol. The van der Waals surface area contributed by atoms with Crippen molar-refractivity contribution in [2.45, 2.75) is 26.2 Å². The molecule has 9 heavy (non-hydrogen) atoms. The van der Waals surface area contributed by atoms with Crippen LogP contribution in [0.5, 0.6) is 0 Å². The number of hydrogen-bond acceptors (Lipinski definition) is 1. The van der Waals surface area contributed by atoms with E-state index in [2.05, 4.69) is 24.0 Å². The molecule has 0 rings (SSSR count). The minimum atomic E-state index is -0.109. The van der Waals surface area contributed by atoms with E-state index in [1.165, 1.54) is 0 Å². The van der Waals surface area contributed by atoms with Crippen LogP contribution in [0.15, 0.2) is 0 Å². The van der Waals surface area contributed by atoms with Gasteiger partial charge in [-0.2, -0.15) is 0 Å². The highest BCUT2D eigenvalue weighted by Gasteiger charge is 1.74. The third-order valence-corrected chi connectivity index (χ3v) is 1.05. The molecule has 0 aromatic heterocycles. The van der Waals surface area contributed by atoms with Crippen molar-refractivity contribution in [1.29, 1.82) is 0 Å². The second-order valence-corrected chi connectivity index (χ2v) is 2.01. The molecule has 0 saturated heterocycles. The van der Waals surface area contributed by atoms with E-state index in [0.717, 1.165) is 19.3 Å². The summed E-state index contributed by atoms with van der Waals surface area (Å²) < 4.78 is 9.72. The number of rotatable bonds is 3. The van der Waals surface area contributed by atoms with Gasteiger partial charge in [-0.05, 0) is 6.42 Å². The summed E-state index contributed by atoms with van der Waals surface area (Å²) in [5.74, 6) is 2.82. The first-order valence-electron chi connectivity index (χ1n) is 2.97. The lowest BCUT2D eigenvalue weighted by Gasteiger charge is -1.81. The Labute approximate surface area is 57.3 Å². The molecule has 0 heterocycles. The van der Waals surface area contributed by atoms with E-state index in [1.54, 1.807) is 0 Å². The standard InChI is InChI=1S/C6H10NOP/c1-2-3-4-5-6-7-9-8/h2-4H2,1H3,(H,7,8). The summed E-state index contributed by atoms with van der Waals surface area (Å²) in [6.07, 6.45) is 3.16. The Morgan fingerprint density at radius 3 is 3.00 bits per heavy atom. The predicted octanol–water partition coefficient (Wildman–Crippen LogP) is 1.93. The van der Waals surface area contributed by atoms with Gasteiger partial charge in [-0.25, -0.2) is 4.57 Å². The van der Waals surface area contributed by atoms with Crippen molar-refractivity contribution in [3.8, 4) is 12.0 Å². The lowest BCUT2D eigenvalue weighted by molar-refractivity contribution is 0.596. The Bertz CT molecular complexity index is 125. The lowest BCUT2D eigenvalue weighted by atomic mass is 10.3. The highest BCUT2D eigenvalue weighted by atomic mass is 31.1. The molecule has 50 valence electrons. The van der Waals surface area contributed by atoms with Crippen LogP contribution in [0.25, 0.3) is 0 Å². The van der Waals surface area contributed by atoms with Crippen molar-refractivity contribution in [1.82, 2.24) is 5.09 Å². The van der Waals surface area contributed by atoms with Crippen LogP contribution in [0.3, 0.4) is 0 Å². The largest absolute Gasteiger partial charge is 0.286 e. The Morgan fingerprint density at radius 2 is 2.44 bits per heavy atom. The van der Waals surface area contributed by atoms with E-state index in [0.29, 0.717) is 0 Å². The monoisotopic (exact) mass is 143 g/mol. The minimum Gasteiger partial charge on any atom is -0.264 e. The third-order valence-electron chi connectivity index (χ3n) is 0.845. The zero-order valence-electron chi connectivity index (χ0n) is 5.48. The molecule has 0 unspecified atom stereocenters. The van der Waals surface area contributed by atoms with Crippen LogP contribution in [0, 0.1) is 12.0 Å².